The Morgan fingerprint density at radius 3 is 2.23 bits per heavy atom. The summed E-state index contributed by atoms with van der Waals surface area (Å²) in [5.41, 5.74) is 4.23. The number of esters is 3. The third-order valence-electron chi connectivity index (χ3n) is 15.5. The summed E-state index contributed by atoms with van der Waals surface area (Å²) < 4.78 is 42.6. The molecule has 7 aliphatic heterocycles. The number of aliphatic hydroxyl groups is 1. The van der Waals surface area contributed by atoms with Crippen LogP contribution in [0.2, 0.25) is 0 Å². The van der Waals surface area contributed by atoms with E-state index in [2.05, 4.69) is 17.6 Å². The number of benzene rings is 3. The van der Waals surface area contributed by atoms with Crippen molar-refractivity contribution in [1.29, 1.82) is 0 Å². The number of hydrogen-bond donors (Lipinski definition) is 4. The zero-order chi connectivity index (χ0) is 49.3. The first-order valence-corrected chi connectivity index (χ1v) is 26.7. The van der Waals surface area contributed by atoms with E-state index in [0.29, 0.717) is 88.1 Å². The lowest BCUT2D eigenvalue weighted by molar-refractivity contribution is -0.164. The minimum absolute atomic E-state index is 0.0174. The van der Waals surface area contributed by atoms with Crippen molar-refractivity contribution in [2.45, 2.75) is 172 Å². The highest BCUT2D eigenvalue weighted by Gasteiger charge is 2.60. The molecule has 10 rings (SSSR count). The van der Waals surface area contributed by atoms with Gasteiger partial charge in [-0.2, -0.15) is 0 Å². The number of methoxy groups -OCH3 is 2. The van der Waals surface area contributed by atoms with E-state index in [-0.39, 0.29) is 30.9 Å². The van der Waals surface area contributed by atoms with Crippen LogP contribution in [-0.2, 0) is 37.5 Å². The van der Waals surface area contributed by atoms with Crippen LogP contribution in [0.3, 0.4) is 0 Å². The molecule has 2 fully saturated rings. The fourth-order valence-corrected chi connectivity index (χ4v) is 13.8. The SMILES string of the molecule is CCCCCCCCCCCCCCCC(=O)Oc1cc2c(cc1OC)[C@@]1(CS[C@@H]3c4c(OC(C)=O)c(C)c5c(c4[C@H](COC1=O)N1C3[C@H]3N[C@@H](Cc4cc(C)c(OC)c(O)c43)[C@@H]1O)OCO5)NCC2. The predicted molar refractivity (Wildman–Crippen MR) is 264 cm³/mol. The molecule has 3 aromatic rings. The lowest BCUT2D eigenvalue weighted by Crippen LogP contribution is -2.69. The molecule has 0 saturated carbocycles. The number of aryl methyl sites for hydroxylation is 1. The van der Waals surface area contributed by atoms with E-state index in [4.69, 9.17) is 33.2 Å². The van der Waals surface area contributed by atoms with Crippen LogP contribution in [0.4, 0.5) is 0 Å². The summed E-state index contributed by atoms with van der Waals surface area (Å²) in [6.07, 6.45) is 16.0. The van der Waals surface area contributed by atoms with E-state index in [1.807, 2.05) is 30.9 Å². The monoisotopic (exact) mass is 985 g/mol. The Morgan fingerprint density at radius 2 is 1.54 bits per heavy atom. The molecule has 4 N–H and O–H groups in total. The summed E-state index contributed by atoms with van der Waals surface area (Å²) in [6.45, 7) is 7.46. The Kier molecular flexibility index (Phi) is 15.5. The molecule has 0 amide bonds. The topological polar surface area (TPSA) is 184 Å². The number of hydrogen-bond acceptors (Lipinski definition) is 16. The second-order valence-electron chi connectivity index (χ2n) is 19.9. The molecule has 70 heavy (non-hydrogen) atoms. The fraction of sp³-hybridized carbons (Fsp3) is 0.611. The smallest absolute Gasteiger partial charge is 0.331 e. The second-order valence-corrected chi connectivity index (χ2v) is 21.1. The number of phenols is 1. The van der Waals surface area contributed by atoms with Crippen molar-refractivity contribution >= 4 is 29.7 Å². The molecule has 4 bridgehead atoms. The van der Waals surface area contributed by atoms with Crippen LogP contribution in [0.25, 0.3) is 0 Å². The number of aromatic hydroxyl groups is 1. The highest BCUT2D eigenvalue weighted by atomic mass is 32.2. The molecule has 1 unspecified atom stereocenters. The molecular formula is C54H71N3O12S. The Labute approximate surface area is 415 Å². The molecule has 7 atom stereocenters. The molecule has 15 nitrogen and oxygen atoms in total. The normalized spacial score (nSPS) is 25.0. The van der Waals surface area contributed by atoms with Gasteiger partial charge >= 0.3 is 17.9 Å². The first-order chi connectivity index (χ1) is 33.9. The molecule has 0 radical (unpaired) electrons. The quantitative estimate of drug-likeness (QED) is 0.0539. The van der Waals surface area contributed by atoms with Crippen molar-refractivity contribution in [1.82, 2.24) is 15.5 Å². The van der Waals surface area contributed by atoms with Gasteiger partial charge in [-0.1, -0.05) is 90.0 Å². The van der Waals surface area contributed by atoms with Crippen LogP contribution in [0.5, 0.6) is 40.2 Å². The molecule has 0 aliphatic carbocycles. The van der Waals surface area contributed by atoms with Crippen LogP contribution in [0, 0.1) is 13.8 Å². The van der Waals surface area contributed by atoms with Crippen LogP contribution in [0.1, 0.15) is 166 Å². The number of phenolic OH excluding ortho intramolecular Hbond substituents is 1. The molecule has 1 spiro atoms. The largest absolute Gasteiger partial charge is 0.504 e. The summed E-state index contributed by atoms with van der Waals surface area (Å²) in [5.74, 6) is 0.936. The van der Waals surface area contributed by atoms with Gasteiger partial charge in [0.2, 0.25) is 6.79 Å². The van der Waals surface area contributed by atoms with E-state index < -0.39 is 53.1 Å². The highest BCUT2D eigenvalue weighted by molar-refractivity contribution is 7.99. The lowest BCUT2D eigenvalue weighted by Gasteiger charge is -2.59. The number of unbranched alkanes of at least 4 members (excludes halogenated alkanes) is 12. The average Bonchev–Trinajstić information content (AvgIpc) is 3.84. The van der Waals surface area contributed by atoms with Gasteiger partial charge in [0, 0.05) is 53.9 Å². The van der Waals surface area contributed by atoms with Gasteiger partial charge in [-0.25, -0.2) is 4.79 Å². The maximum atomic E-state index is 15.1. The van der Waals surface area contributed by atoms with E-state index in [1.54, 1.807) is 6.07 Å². The first kappa shape index (κ1) is 50.2. The number of ether oxygens (including phenoxy) is 7. The number of rotatable bonds is 18. The number of carbonyl (C=O) groups is 3. The average molecular weight is 986 g/mol. The van der Waals surface area contributed by atoms with Gasteiger partial charge in [0.1, 0.15) is 18.6 Å². The zero-order valence-electron chi connectivity index (χ0n) is 41.7. The standard InChI is InChI=1S/C54H71N3O12S/c1-7-8-9-10-11-12-13-14-15-16-17-18-19-20-40(59)69-39-25-33-21-22-55-54(35(33)26-38(39)63-5)28-70-51-43-42(50-49(66-29-67-50)31(3)48(43)68-32(4)58)37(27-65-53(54)62)57-45(51)44-41-34(24-36(56-44)52(57)61)23-30(2)47(64-6)46(41)60/h23,25-26,36-37,44-45,51-52,55-56,60-61H,7-22,24,27-29H2,1-6H3/t36-,37-,44-,45?,51+,52-,54+/m0/s1. The summed E-state index contributed by atoms with van der Waals surface area (Å²) >= 11 is 1.46. The van der Waals surface area contributed by atoms with Crippen molar-refractivity contribution in [3.05, 3.63) is 62.7 Å². The van der Waals surface area contributed by atoms with Gasteiger partial charge < -0.3 is 48.7 Å². The highest BCUT2D eigenvalue weighted by Crippen LogP contribution is 2.63. The van der Waals surface area contributed by atoms with Crippen LogP contribution in [0.15, 0.2) is 18.2 Å². The van der Waals surface area contributed by atoms with Gasteiger partial charge in [-0.05, 0) is 67.5 Å². The Morgan fingerprint density at radius 1 is 0.843 bits per heavy atom. The minimum atomic E-state index is -1.41. The number of nitrogens with zero attached hydrogens (tertiary/aromatic N) is 1. The van der Waals surface area contributed by atoms with E-state index in [0.717, 1.165) is 36.0 Å². The number of carbonyl (C=O) groups excluding carboxylic acids is 3. The van der Waals surface area contributed by atoms with Gasteiger partial charge in [0.05, 0.1) is 37.6 Å². The van der Waals surface area contributed by atoms with Crippen LogP contribution < -0.4 is 39.1 Å². The predicted octanol–water partition coefficient (Wildman–Crippen LogP) is 8.75. The van der Waals surface area contributed by atoms with Crippen molar-refractivity contribution < 1.29 is 57.8 Å². The van der Waals surface area contributed by atoms with Crippen molar-refractivity contribution in [2.24, 2.45) is 0 Å². The van der Waals surface area contributed by atoms with Crippen molar-refractivity contribution in [3.8, 4) is 40.2 Å². The summed E-state index contributed by atoms with van der Waals surface area (Å²) in [6, 6.07) is 3.18. The summed E-state index contributed by atoms with van der Waals surface area (Å²) in [7, 11) is 3.05. The van der Waals surface area contributed by atoms with E-state index >= 15 is 4.79 Å². The van der Waals surface area contributed by atoms with Gasteiger partial charge in [0.15, 0.2) is 40.0 Å². The summed E-state index contributed by atoms with van der Waals surface area (Å²) in [5, 5.41) is 31.2. The molecule has 0 aromatic heterocycles. The molecular weight excluding hydrogens is 915 g/mol. The third-order valence-corrected chi connectivity index (χ3v) is 16.9. The van der Waals surface area contributed by atoms with Crippen molar-refractivity contribution in [2.75, 3.05) is 39.9 Å². The minimum Gasteiger partial charge on any atom is -0.504 e. The Balaban J connectivity index is 1.01. The zero-order valence-corrected chi connectivity index (χ0v) is 42.5. The van der Waals surface area contributed by atoms with Gasteiger partial charge in [-0.15, -0.1) is 11.8 Å². The molecule has 7 aliphatic rings. The van der Waals surface area contributed by atoms with Crippen LogP contribution >= 0.6 is 11.8 Å². The van der Waals surface area contributed by atoms with Gasteiger partial charge in [-0.3, -0.25) is 19.8 Å². The number of aliphatic hydroxyl groups excluding tert-OH is 1. The molecule has 2 saturated heterocycles. The maximum Gasteiger partial charge on any atom is 0.331 e. The Hall–Kier alpha value is -4.74. The number of fused-ring (bicyclic) bond motifs is 9. The Bertz CT molecular complexity index is 2460. The maximum absolute atomic E-state index is 15.1. The number of thioether (sulfide) groups is 1. The molecule has 3 aromatic carbocycles. The second kappa shape index (κ2) is 21.5. The van der Waals surface area contributed by atoms with Crippen molar-refractivity contribution in [3.63, 3.8) is 0 Å². The van der Waals surface area contributed by atoms with Crippen LogP contribution in [-0.4, -0.2) is 91.2 Å². The summed E-state index contributed by atoms with van der Waals surface area (Å²) in [4.78, 5) is 43.4. The van der Waals surface area contributed by atoms with E-state index in [9.17, 15) is 19.8 Å². The number of nitrogens with one attached hydrogen (secondary N) is 2. The molecule has 7 heterocycles. The number of piperazine rings is 1. The van der Waals surface area contributed by atoms with E-state index in [1.165, 1.54) is 97.1 Å². The van der Waals surface area contributed by atoms with Gasteiger partial charge in [0.25, 0.3) is 0 Å². The molecule has 380 valence electrons. The lowest BCUT2D eigenvalue weighted by atomic mass is 9.74. The third kappa shape index (κ3) is 9.31. The fourth-order valence-electron chi connectivity index (χ4n) is 12.1. The molecule has 16 heteroatoms. The first-order valence-electron chi connectivity index (χ1n) is 25.6.